The minimum absolute atomic E-state index is 0.0480. The van der Waals surface area contributed by atoms with Gasteiger partial charge in [0.2, 0.25) is 10.0 Å². The van der Waals surface area contributed by atoms with E-state index >= 15 is 0 Å². The minimum Gasteiger partial charge on any atom is -0.478 e. The number of carbonyl (C=O) groups is 1. The first-order valence-corrected chi connectivity index (χ1v) is 7.91. The van der Waals surface area contributed by atoms with E-state index in [1.54, 1.807) is 19.1 Å². The minimum atomic E-state index is -3.48. The van der Waals surface area contributed by atoms with Crippen LogP contribution in [-0.4, -0.2) is 25.5 Å². The molecule has 0 saturated heterocycles. The zero-order valence-corrected chi connectivity index (χ0v) is 12.0. The van der Waals surface area contributed by atoms with E-state index in [9.17, 15) is 13.2 Å². The van der Waals surface area contributed by atoms with Gasteiger partial charge in [-0.3, -0.25) is 0 Å². The van der Waals surface area contributed by atoms with E-state index in [1.807, 2.05) is 0 Å². The number of rotatable bonds is 5. The third kappa shape index (κ3) is 3.46. The maximum atomic E-state index is 12.1. The Morgan fingerprint density at radius 3 is 2.60 bits per heavy atom. The lowest BCUT2D eigenvalue weighted by atomic mass is 9.94. The van der Waals surface area contributed by atoms with Gasteiger partial charge in [0.15, 0.2) is 0 Å². The van der Waals surface area contributed by atoms with E-state index in [4.69, 9.17) is 5.11 Å². The van der Waals surface area contributed by atoms with Crippen molar-refractivity contribution in [3.63, 3.8) is 0 Å². The molecule has 1 aliphatic rings. The van der Waals surface area contributed by atoms with Crippen LogP contribution in [0.2, 0.25) is 0 Å². The Hall–Kier alpha value is -1.66. The molecule has 20 heavy (non-hydrogen) atoms. The molecule has 0 aromatic heterocycles. The molecule has 0 spiro atoms. The molecule has 5 nitrogen and oxygen atoms in total. The average Bonchev–Trinajstić information content (AvgIpc) is 2.32. The fourth-order valence-corrected chi connectivity index (χ4v) is 3.37. The van der Waals surface area contributed by atoms with Gasteiger partial charge in [0.1, 0.15) is 0 Å². The number of carboxylic acid groups (broad SMARTS) is 1. The summed E-state index contributed by atoms with van der Waals surface area (Å²) >= 11 is 0. The van der Waals surface area contributed by atoms with Crippen LogP contribution in [0, 0.1) is 6.92 Å². The lowest BCUT2D eigenvalue weighted by Gasteiger charge is -2.26. The monoisotopic (exact) mass is 295 g/mol. The van der Waals surface area contributed by atoms with Crippen molar-refractivity contribution in [3.8, 4) is 0 Å². The molecule has 1 fully saturated rings. The van der Waals surface area contributed by atoms with Crippen LogP contribution >= 0.6 is 0 Å². The van der Waals surface area contributed by atoms with Gasteiger partial charge in [0.05, 0.1) is 4.90 Å². The number of hydrogen-bond acceptors (Lipinski definition) is 3. The summed E-state index contributed by atoms with van der Waals surface area (Å²) in [6, 6.07) is 4.72. The van der Waals surface area contributed by atoms with E-state index in [0.717, 1.165) is 30.9 Å². The average molecular weight is 295 g/mol. The van der Waals surface area contributed by atoms with Crippen LogP contribution < -0.4 is 4.72 Å². The normalized spacial score (nSPS) is 16.2. The summed E-state index contributed by atoms with van der Waals surface area (Å²) in [7, 11) is -3.48. The molecular formula is C14H17NO4S. The lowest BCUT2D eigenvalue weighted by molar-refractivity contribution is -0.131. The Morgan fingerprint density at radius 2 is 2.10 bits per heavy atom. The van der Waals surface area contributed by atoms with Crippen molar-refractivity contribution in [1.82, 2.24) is 4.72 Å². The quantitative estimate of drug-likeness (QED) is 0.813. The van der Waals surface area contributed by atoms with E-state index in [1.165, 1.54) is 12.1 Å². The van der Waals surface area contributed by atoms with Gasteiger partial charge < -0.3 is 5.11 Å². The van der Waals surface area contributed by atoms with Crippen molar-refractivity contribution < 1.29 is 18.3 Å². The zero-order valence-electron chi connectivity index (χ0n) is 11.2. The molecule has 6 heteroatoms. The number of hydrogen-bond donors (Lipinski definition) is 2. The summed E-state index contributed by atoms with van der Waals surface area (Å²) in [6.45, 7) is 1.75. The van der Waals surface area contributed by atoms with Gasteiger partial charge in [-0.2, -0.15) is 0 Å². The highest BCUT2D eigenvalue weighted by atomic mass is 32.2. The number of benzene rings is 1. The van der Waals surface area contributed by atoms with Gasteiger partial charge in [0.25, 0.3) is 0 Å². The molecule has 1 aromatic carbocycles. The van der Waals surface area contributed by atoms with Crippen LogP contribution in [0.3, 0.4) is 0 Å². The Labute approximate surface area is 118 Å². The largest absolute Gasteiger partial charge is 0.478 e. The van der Waals surface area contributed by atoms with E-state index in [-0.39, 0.29) is 10.9 Å². The first kappa shape index (κ1) is 14.7. The Balaban J connectivity index is 2.21. The van der Waals surface area contributed by atoms with Crippen molar-refractivity contribution in [2.24, 2.45) is 0 Å². The summed E-state index contributed by atoms with van der Waals surface area (Å²) in [4.78, 5) is 10.7. The highest BCUT2D eigenvalue weighted by molar-refractivity contribution is 7.89. The van der Waals surface area contributed by atoms with Crippen LogP contribution in [0.5, 0.6) is 0 Å². The van der Waals surface area contributed by atoms with Gasteiger partial charge in [0, 0.05) is 12.1 Å². The summed E-state index contributed by atoms with van der Waals surface area (Å²) in [5.74, 6) is -1.03. The number of carboxylic acids is 1. The molecule has 0 atom stereocenters. The summed E-state index contributed by atoms with van der Waals surface area (Å²) in [5, 5.41) is 8.59. The fourth-order valence-electron chi connectivity index (χ4n) is 1.98. The summed E-state index contributed by atoms with van der Waals surface area (Å²) in [6.07, 6.45) is 5.32. The Morgan fingerprint density at radius 1 is 1.40 bits per heavy atom. The third-order valence-corrected chi connectivity index (χ3v) is 4.90. The lowest BCUT2D eigenvalue weighted by Crippen LogP contribution is -2.39. The molecule has 2 rings (SSSR count). The number of aliphatic carboxylic acids is 1. The van der Waals surface area contributed by atoms with Gasteiger partial charge in [-0.15, -0.1) is 0 Å². The molecule has 1 aliphatic carbocycles. The Kier molecular flexibility index (Phi) is 4.25. The van der Waals surface area contributed by atoms with Crippen LogP contribution in [0.1, 0.15) is 30.4 Å². The maximum Gasteiger partial charge on any atom is 0.328 e. The topological polar surface area (TPSA) is 83.5 Å². The van der Waals surface area contributed by atoms with Gasteiger partial charge >= 0.3 is 5.97 Å². The molecule has 0 radical (unpaired) electrons. The van der Waals surface area contributed by atoms with Crippen LogP contribution in [-0.2, 0) is 14.8 Å². The SMILES string of the molecule is Cc1cc(S(=O)(=O)NC2CCC2)ccc1C=CC(=O)O. The first-order valence-electron chi connectivity index (χ1n) is 6.42. The van der Waals surface area contributed by atoms with Crippen LogP contribution in [0.25, 0.3) is 6.08 Å². The van der Waals surface area contributed by atoms with Gasteiger partial charge in [-0.05, 0) is 49.1 Å². The molecular weight excluding hydrogens is 278 g/mol. The molecule has 0 amide bonds. The first-order chi connectivity index (χ1) is 9.38. The highest BCUT2D eigenvalue weighted by Crippen LogP contribution is 2.22. The number of sulfonamides is 1. The van der Waals surface area contributed by atoms with Crippen molar-refractivity contribution in [2.75, 3.05) is 0 Å². The second kappa shape index (κ2) is 5.76. The molecule has 1 saturated carbocycles. The second-order valence-corrected chi connectivity index (χ2v) is 6.65. The molecule has 0 unspecified atom stereocenters. The second-order valence-electron chi connectivity index (χ2n) is 4.94. The molecule has 2 N–H and O–H groups in total. The molecule has 108 valence electrons. The zero-order chi connectivity index (χ0) is 14.8. The predicted molar refractivity (Wildman–Crippen MR) is 75.8 cm³/mol. The van der Waals surface area contributed by atoms with Crippen molar-refractivity contribution >= 4 is 22.1 Å². The van der Waals surface area contributed by atoms with E-state index in [2.05, 4.69) is 4.72 Å². The standard InChI is InChI=1S/C14H17NO4S/c1-10-9-13(7-5-11(10)6-8-14(16)17)20(18,19)15-12-3-2-4-12/h5-9,12,15H,2-4H2,1H3,(H,16,17). The van der Waals surface area contributed by atoms with Crippen LogP contribution in [0.15, 0.2) is 29.2 Å². The summed E-state index contributed by atoms with van der Waals surface area (Å²) in [5.41, 5.74) is 1.41. The highest BCUT2D eigenvalue weighted by Gasteiger charge is 2.24. The molecule has 1 aromatic rings. The smallest absolute Gasteiger partial charge is 0.328 e. The van der Waals surface area contributed by atoms with Crippen LogP contribution in [0.4, 0.5) is 0 Å². The van der Waals surface area contributed by atoms with Gasteiger partial charge in [-0.25, -0.2) is 17.9 Å². The van der Waals surface area contributed by atoms with E-state index in [0.29, 0.717) is 5.56 Å². The Bertz CT molecular complexity index is 645. The molecule has 0 aliphatic heterocycles. The predicted octanol–water partition coefficient (Wildman–Crippen LogP) is 1.92. The van der Waals surface area contributed by atoms with Crippen molar-refractivity contribution in [3.05, 3.63) is 35.4 Å². The van der Waals surface area contributed by atoms with Gasteiger partial charge in [-0.1, -0.05) is 12.5 Å². The number of nitrogens with one attached hydrogen (secondary N) is 1. The molecule has 0 heterocycles. The summed E-state index contributed by atoms with van der Waals surface area (Å²) < 4.78 is 26.9. The van der Waals surface area contributed by atoms with E-state index < -0.39 is 16.0 Å². The van der Waals surface area contributed by atoms with Crippen molar-refractivity contribution in [1.29, 1.82) is 0 Å². The van der Waals surface area contributed by atoms with Crippen molar-refractivity contribution in [2.45, 2.75) is 37.1 Å². The molecule has 0 bridgehead atoms. The maximum absolute atomic E-state index is 12.1. The number of aryl methyl sites for hydroxylation is 1. The third-order valence-electron chi connectivity index (χ3n) is 3.38. The fraction of sp³-hybridized carbons (Fsp3) is 0.357.